The van der Waals surface area contributed by atoms with Crippen LogP contribution in [-0.4, -0.2) is 36.6 Å². The van der Waals surface area contributed by atoms with E-state index in [1.54, 1.807) is 0 Å². The van der Waals surface area contributed by atoms with Crippen LogP contribution in [0.15, 0.2) is 17.1 Å². The third-order valence-electron chi connectivity index (χ3n) is 1.86. The molecule has 0 spiro atoms. The molecule has 0 aromatic rings. The van der Waals surface area contributed by atoms with Gasteiger partial charge in [-0.05, 0) is 0 Å². The molecule has 0 radical (unpaired) electrons. The molecular weight excluding hydrogens is 222 g/mol. The molecule has 0 amide bonds. The van der Waals surface area contributed by atoms with E-state index in [-0.39, 0.29) is 10.6 Å². The van der Waals surface area contributed by atoms with E-state index >= 15 is 0 Å². The van der Waals surface area contributed by atoms with Crippen molar-refractivity contribution in [2.75, 3.05) is 19.8 Å². The van der Waals surface area contributed by atoms with Gasteiger partial charge >= 0.3 is 0 Å². The summed E-state index contributed by atoms with van der Waals surface area (Å²) in [6.45, 7) is 2.08. The van der Waals surface area contributed by atoms with Gasteiger partial charge in [-0.1, -0.05) is 28.1 Å². The Morgan fingerprint density at radius 1 is 1.42 bits per heavy atom. The fourth-order valence-electron chi connectivity index (χ4n) is 1.28. The summed E-state index contributed by atoms with van der Waals surface area (Å²) < 4.78 is 10.4. The number of halogens is 1. The number of rotatable bonds is 1. The average molecular weight is 232 g/mol. The van der Waals surface area contributed by atoms with Crippen LogP contribution in [0.2, 0.25) is 0 Å². The molecule has 1 unspecified atom stereocenters. The van der Waals surface area contributed by atoms with Gasteiger partial charge in [0.15, 0.2) is 6.29 Å². The van der Waals surface area contributed by atoms with Gasteiger partial charge in [0.2, 0.25) is 0 Å². The number of nitrogens with zero attached hydrogens (tertiary/aromatic N) is 1. The number of aliphatic imine (C=N–C) groups is 1. The molecule has 1 saturated heterocycles. The highest BCUT2D eigenvalue weighted by atomic mass is 79.9. The van der Waals surface area contributed by atoms with Crippen LogP contribution in [-0.2, 0) is 9.47 Å². The zero-order chi connectivity index (χ0) is 8.44. The van der Waals surface area contributed by atoms with Crippen LogP contribution in [0.5, 0.6) is 0 Å². The first-order valence-corrected chi connectivity index (χ1v) is 4.71. The van der Waals surface area contributed by atoms with Crippen molar-refractivity contribution >= 4 is 22.1 Å². The van der Waals surface area contributed by atoms with Crippen LogP contribution in [0.25, 0.3) is 0 Å². The van der Waals surface area contributed by atoms with E-state index in [1.807, 2.05) is 18.4 Å². The molecule has 66 valence electrons. The van der Waals surface area contributed by atoms with Gasteiger partial charge in [-0.25, -0.2) is 0 Å². The highest BCUT2D eigenvalue weighted by Crippen LogP contribution is 2.29. The Bertz CT molecular complexity index is 209. The van der Waals surface area contributed by atoms with Gasteiger partial charge in [0.1, 0.15) is 4.32 Å². The number of hydrogen-bond donors (Lipinski definition) is 0. The minimum atomic E-state index is -0.345. The summed E-state index contributed by atoms with van der Waals surface area (Å²) in [5, 5.41) is 0. The summed E-state index contributed by atoms with van der Waals surface area (Å²) >= 11 is 3.54. The third kappa shape index (κ3) is 1.46. The maximum absolute atomic E-state index is 5.38. The number of ether oxygens (including phenoxy) is 2. The smallest absolute Gasteiger partial charge is 0.181 e. The lowest BCUT2D eigenvalue weighted by atomic mass is 10.1. The summed E-state index contributed by atoms with van der Waals surface area (Å²) in [5.74, 6) is 0. The van der Waals surface area contributed by atoms with E-state index in [2.05, 4.69) is 20.9 Å². The first-order chi connectivity index (χ1) is 5.81. The minimum absolute atomic E-state index is 0.224. The zero-order valence-electron chi connectivity index (χ0n) is 6.57. The van der Waals surface area contributed by atoms with E-state index in [9.17, 15) is 0 Å². The lowest BCUT2D eigenvalue weighted by Crippen LogP contribution is -2.38. The van der Waals surface area contributed by atoms with Gasteiger partial charge in [-0.3, -0.25) is 4.99 Å². The largest absolute Gasteiger partial charge is 0.348 e. The monoisotopic (exact) mass is 231 g/mol. The number of dihydropyridines is 1. The van der Waals surface area contributed by atoms with Crippen LogP contribution in [0.1, 0.15) is 0 Å². The van der Waals surface area contributed by atoms with Crippen LogP contribution < -0.4 is 0 Å². The van der Waals surface area contributed by atoms with Crippen LogP contribution in [0, 0.1) is 0 Å². The highest BCUT2D eigenvalue weighted by molar-refractivity contribution is 9.10. The molecule has 0 N–H and O–H groups in total. The van der Waals surface area contributed by atoms with Crippen LogP contribution >= 0.6 is 15.9 Å². The lowest BCUT2D eigenvalue weighted by molar-refractivity contribution is -0.0428. The van der Waals surface area contributed by atoms with E-state index < -0.39 is 0 Å². The van der Waals surface area contributed by atoms with Gasteiger partial charge in [0.05, 0.1) is 19.8 Å². The lowest BCUT2D eigenvalue weighted by Gasteiger charge is -2.26. The van der Waals surface area contributed by atoms with Gasteiger partial charge in [-0.2, -0.15) is 0 Å². The minimum Gasteiger partial charge on any atom is -0.348 e. The van der Waals surface area contributed by atoms with Crippen molar-refractivity contribution in [2.24, 2.45) is 4.99 Å². The quantitative estimate of drug-likeness (QED) is 0.501. The molecule has 2 aliphatic heterocycles. The van der Waals surface area contributed by atoms with Crippen molar-refractivity contribution in [3.05, 3.63) is 12.2 Å². The fourth-order valence-corrected chi connectivity index (χ4v) is 1.88. The van der Waals surface area contributed by atoms with E-state index in [0.29, 0.717) is 13.2 Å². The molecule has 3 nitrogen and oxygen atoms in total. The standard InChI is InChI=1S/C8H10BrNO2/c9-8(2-1-3-10-6-8)7-11-4-5-12-7/h1-2,6-7H,3-5H2. The molecule has 0 bridgehead atoms. The van der Waals surface area contributed by atoms with E-state index in [4.69, 9.17) is 9.47 Å². The van der Waals surface area contributed by atoms with Gasteiger partial charge in [0, 0.05) is 6.21 Å². The molecule has 2 rings (SSSR count). The van der Waals surface area contributed by atoms with Crippen molar-refractivity contribution in [1.29, 1.82) is 0 Å². The second-order valence-electron chi connectivity index (χ2n) is 2.80. The molecule has 4 heteroatoms. The first-order valence-electron chi connectivity index (χ1n) is 3.92. The zero-order valence-corrected chi connectivity index (χ0v) is 8.16. The second-order valence-corrected chi connectivity index (χ2v) is 4.17. The summed E-state index contributed by atoms with van der Waals surface area (Å²) in [7, 11) is 0. The van der Waals surface area contributed by atoms with Gasteiger partial charge < -0.3 is 9.47 Å². The predicted molar refractivity (Wildman–Crippen MR) is 49.8 cm³/mol. The van der Waals surface area contributed by atoms with Crippen molar-refractivity contribution in [3.63, 3.8) is 0 Å². The Labute approximate surface area is 79.6 Å². The van der Waals surface area contributed by atoms with E-state index in [1.165, 1.54) is 0 Å². The Balaban J connectivity index is 2.12. The molecule has 0 aromatic carbocycles. The summed E-state index contributed by atoms with van der Waals surface area (Å²) in [6, 6.07) is 0. The molecule has 1 fully saturated rings. The topological polar surface area (TPSA) is 30.8 Å². The normalized spacial score (nSPS) is 36.1. The summed E-state index contributed by atoms with van der Waals surface area (Å²) in [5.41, 5.74) is 0. The molecule has 0 saturated carbocycles. The molecule has 1 atom stereocenters. The molecular formula is C8H10BrNO2. The Morgan fingerprint density at radius 2 is 2.17 bits per heavy atom. The maximum Gasteiger partial charge on any atom is 0.181 e. The highest BCUT2D eigenvalue weighted by Gasteiger charge is 2.37. The Kier molecular flexibility index (Phi) is 2.30. The molecule has 0 aromatic heterocycles. The first kappa shape index (κ1) is 8.41. The summed E-state index contributed by atoms with van der Waals surface area (Å²) in [4.78, 5) is 4.16. The Morgan fingerprint density at radius 3 is 2.75 bits per heavy atom. The second kappa shape index (κ2) is 3.28. The van der Waals surface area contributed by atoms with E-state index in [0.717, 1.165) is 6.54 Å². The fraction of sp³-hybridized carbons (Fsp3) is 0.625. The molecule has 12 heavy (non-hydrogen) atoms. The SMILES string of the molecule is BrC1(C2OCCO2)C=CCN=C1. The number of alkyl halides is 1. The van der Waals surface area contributed by atoms with Crippen molar-refractivity contribution in [2.45, 2.75) is 10.6 Å². The van der Waals surface area contributed by atoms with Gasteiger partial charge in [0.25, 0.3) is 0 Å². The third-order valence-corrected chi connectivity index (χ3v) is 2.70. The predicted octanol–water partition coefficient (Wildman–Crippen LogP) is 1.13. The molecule has 2 heterocycles. The van der Waals surface area contributed by atoms with Crippen LogP contribution in [0.3, 0.4) is 0 Å². The average Bonchev–Trinajstić information content (AvgIpc) is 2.58. The van der Waals surface area contributed by atoms with Crippen molar-refractivity contribution < 1.29 is 9.47 Å². The van der Waals surface area contributed by atoms with Crippen LogP contribution in [0.4, 0.5) is 0 Å². The maximum atomic E-state index is 5.38. The number of hydrogen-bond acceptors (Lipinski definition) is 3. The van der Waals surface area contributed by atoms with Crippen molar-refractivity contribution in [3.8, 4) is 0 Å². The van der Waals surface area contributed by atoms with Crippen molar-refractivity contribution in [1.82, 2.24) is 0 Å². The molecule has 0 aliphatic carbocycles. The Hall–Kier alpha value is -0.190. The molecule has 2 aliphatic rings. The van der Waals surface area contributed by atoms with Gasteiger partial charge in [-0.15, -0.1) is 0 Å². The summed E-state index contributed by atoms with van der Waals surface area (Å²) in [6.07, 6.45) is 5.64.